The molecule has 2 aromatic rings. The standard InChI is InChI=1S/C15H19N3/c1-13(9-10-14-6-3-2-4-7-14)16-12-15-8-5-11-17-18-15/h2-8,11,13,16H,9-10,12H2,1H3. The molecule has 0 aliphatic carbocycles. The number of benzene rings is 1. The van der Waals surface area contributed by atoms with Crippen LogP contribution in [0.5, 0.6) is 0 Å². The smallest absolute Gasteiger partial charge is 0.0769 e. The van der Waals surface area contributed by atoms with Crippen molar-refractivity contribution < 1.29 is 0 Å². The Kier molecular flexibility index (Phi) is 4.85. The molecule has 0 saturated carbocycles. The molecular formula is C15H19N3. The van der Waals surface area contributed by atoms with Gasteiger partial charge in [0.2, 0.25) is 0 Å². The molecule has 18 heavy (non-hydrogen) atoms. The van der Waals surface area contributed by atoms with Gasteiger partial charge in [0.05, 0.1) is 5.69 Å². The van der Waals surface area contributed by atoms with Gasteiger partial charge in [0.15, 0.2) is 0 Å². The van der Waals surface area contributed by atoms with Crippen molar-refractivity contribution in [3.8, 4) is 0 Å². The molecule has 3 heteroatoms. The molecule has 0 aliphatic heterocycles. The first kappa shape index (κ1) is 12.7. The van der Waals surface area contributed by atoms with Gasteiger partial charge in [-0.05, 0) is 37.5 Å². The topological polar surface area (TPSA) is 37.8 Å². The Hall–Kier alpha value is -1.74. The lowest BCUT2D eigenvalue weighted by Crippen LogP contribution is -2.26. The zero-order chi connectivity index (χ0) is 12.6. The van der Waals surface area contributed by atoms with E-state index in [0.717, 1.165) is 25.1 Å². The van der Waals surface area contributed by atoms with E-state index in [0.29, 0.717) is 6.04 Å². The van der Waals surface area contributed by atoms with E-state index in [2.05, 4.69) is 52.8 Å². The van der Waals surface area contributed by atoms with Gasteiger partial charge in [-0.3, -0.25) is 0 Å². The lowest BCUT2D eigenvalue weighted by atomic mass is 10.1. The van der Waals surface area contributed by atoms with E-state index in [4.69, 9.17) is 0 Å². The molecule has 1 N–H and O–H groups in total. The Bertz CT molecular complexity index is 398. The van der Waals surface area contributed by atoms with Gasteiger partial charge >= 0.3 is 0 Å². The van der Waals surface area contributed by atoms with E-state index >= 15 is 0 Å². The first-order chi connectivity index (χ1) is 8.84. The van der Waals surface area contributed by atoms with E-state index in [9.17, 15) is 0 Å². The van der Waals surface area contributed by atoms with Gasteiger partial charge in [0.25, 0.3) is 0 Å². The Morgan fingerprint density at radius 3 is 2.67 bits per heavy atom. The van der Waals surface area contributed by atoms with Crippen LogP contribution < -0.4 is 5.32 Å². The minimum absolute atomic E-state index is 0.479. The van der Waals surface area contributed by atoms with Gasteiger partial charge in [0, 0.05) is 18.8 Å². The van der Waals surface area contributed by atoms with Crippen LogP contribution in [0.15, 0.2) is 48.7 Å². The minimum Gasteiger partial charge on any atom is -0.309 e. The maximum absolute atomic E-state index is 4.06. The van der Waals surface area contributed by atoms with E-state index in [1.54, 1.807) is 6.20 Å². The zero-order valence-corrected chi connectivity index (χ0v) is 10.7. The molecule has 1 aromatic heterocycles. The Morgan fingerprint density at radius 2 is 1.94 bits per heavy atom. The summed E-state index contributed by atoms with van der Waals surface area (Å²) in [6.45, 7) is 2.99. The number of aryl methyl sites for hydroxylation is 1. The highest BCUT2D eigenvalue weighted by atomic mass is 15.1. The normalized spacial score (nSPS) is 12.3. The maximum atomic E-state index is 4.06. The van der Waals surface area contributed by atoms with E-state index < -0.39 is 0 Å². The number of hydrogen-bond donors (Lipinski definition) is 1. The van der Waals surface area contributed by atoms with Crippen LogP contribution in [0.25, 0.3) is 0 Å². The van der Waals surface area contributed by atoms with Gasteiger partial charge in [-0.1, -0.05) is 30.3 Å². The van der Waals surface area contributed by atoms with Crippen molar-refractivity contribution in [1.29, 1.82) is 0 Å². The Labute approximate surface area is 108 Å². The minimum atomic E-state index is 0.479. The summed E-state index contributed by atoms with van der Waals surface area (Å²) >= 11 is 0. The van der Waals surface area contributed by atoms with E-state index in [1.165, 1.54) is 5.56 Å². The van der Waals surface area contributed by atoms with Crippen molar-refractivity contribution in [2.75, 3.05) is 0 Å². The average Bonchev–Trinajstić information content (AvgIpc) is 2.45. The molecule has 0 bridgehead atoms. The van der Waals surface area contributed by atoms with Crippen LogP contribution in [0.1, 0.15) is 24.6 Å². The molecule has 2 rings (SSSR count). The lowest BCUT2D eigenvalue weighted by Gasteiger charge is -2.13. The summed E-state index contributed by atoms with van der Waals surface area (Å²) in [4.78, 5) is 0. The molecule has 94 valence electrons. The fourth-order valence-electron chi connectivity index (χ4n) is 1.84. The highest BCUT2D eigenvalue weighted by molar-refractivity contribution is 5.14. The number of hydrogen-bond acceptors (Lipinski definition) is 3. The number of aromatic nitrogens is 2. The molecule has 0 amide bonds. The summed E-state index contributed by atoms with van der Waals surface area (Å²) in [5, 5.41) is 11.4. The largest absolute Gasteiger partial charge is 0.309 e. The van der Waals surface area contributed by atoms with E-state index in [1.807, 2.05) is 12.1 Å². The molecule has 1 aromatic carbocycles. The summed E-state index contributed by atoms with van der Waals surface area (Å²) in [7, 11) is 0. The third-order valence-electron chi connectivity index (χ3n) is 2.97. The molecule has 3 nitrogen and oxygen atoms in total. The first-order valence-corrected chi connectivity index (χ1v) is 6.38. The van der Waals surface area contributed by atoms with Gasteiger partial charge in [-0.2, -0.15) is 10.2 Å². The zero-order valence-electron chi connectivity index (χ0n) is 10.7. The second kappa shape index (κ2) is 6.87. The molecule has 0 aliphatic rings. The van der Waals surface area contributed by atoms with Crippen molar-refractivity contribution >= 4 is 0 Å². The van der Waals surface area contributed by atoms with Crippen molar-refractivity contribution in [3.05, 3.63) is 59.9 Å². The number of nitrogens with one attached hydrogen (secondary N) is 1. The maximum Gasteiger partial charge on any atom is 0.0769 e. The third kappa shape index (κ3) is 4.26. The van der Waals surface area contributed by atoms with Crippen LogP contribution in [0, 0.1) is 0 Å². The summed E-state index contributed by atoms with van der Waals surface area (Å²) in [5.41, 5.74) is 2.38. The Morgan fingerprint density at radius 1 is 1.11 bits per heavy atom. The van der Waals surface area contributed by atoms with Gasteiger partial charge in [0.1, 0.15) is 0 Å². The quantitative estimate of drug-likeness (QED) is 0.844. The predicted molar refractivity (Wildman–Crippen MR) is 73.1 cm³/mol. The van der Waals surface area contributed by atoms with Crippen molar-refractivity contribution in [2.45, 2.75) is 32.4 Å². The van der Waals surface area contributed by atoms with Crippen molar-refractivity contribution in [2.24, 2.45) is 0 Å². The highest BCUT2D eigenvalue weighted by Gasteiger charge is 2.02. The van der Waals surface area contributed by atoms with Crippen LogP contribution in [0.3, 0.4) is 0 Å². The molecule has 0 radical (unpaired) electrons. The van der Waals surface area contributed by atoms with Crippen LogP contribution in [-0.4, -0.2) is 16.2 Å². The van der Waals surface area contributed by atoms with Gasteiger partial charge in [-0.15, -0.1) is 0 Å². The molecule has 1 unspecified atom stereocenters. The van der Waals surface area contributed by atoms with Crippen molar-refractivity contribution in [1.82, 2.24) is 15.5 Å². The molecule has 1 heterocycles. The lowest BCUT2D eigenvalue weighted by molar-refractivity contribution is 0.508. The van der Waals surface area contributed by atoms with Crippen LogP contribution in [0.4, 0.5) is 0 Å². The van der Waals surface area contributed by atoms with Crippen LogP contribution in [0.2, 0.25) is 0 Å². The fraction of sp³-hybridized carbons (Fsp3) is 0.333. The number of nitrogens with zero attached hydrogens (tertiary/aromatic N) is 2. The first-order valence-electron chi connectivity index (χ1n) is 6.38. The monoisotopic (exact) mass is 241 g/mol. The Balaban J connectivity index is 1.71. The third-order valence-corrected chi connectivity index (χ3v) is 2.97. The molecule has 0 saturated heterocycles. The second-order valence-electron chi connectivity index (χ2n) is 4.52. The highest BCUT2D eigenvalue weighted by Crippen LogP contribution is 2.05. The van der Waals surface area contributed by atoms with E-state index in [-0.39, 0.29) is 0 Å². The summed E-state index contributed by atoms with van der Waals surface area (Å²) < 4.78 is 0. The second-order valence-corrected chi connectivity index (χ2v) is 4.52. The average molecular weight is 241 g/mol. The summed E-state index contributed by atoms with van der Waals surface area (Å²) in [6.07, 6.45) is 3.93. The number of rotatable bonds is 6. The molecule has 1 atom stereocenters. The van der Waals surface area contributed by atoms with Crippen LogP contribution >= 0.6 is 0 Å². The van der Waals surface area contributed by atoms with Crippen LogP contribution in [-0.2, 0) is 13.0 Å². The molecule has 0 spiro atoms. The van der Waals surface area contributed by atoms with Gasteiger partial charge in [-0.25, -0.2) is 0 Å². The fourth-order valence-corrected chi connectivity index (χ4v) is 1.84. The summed E-state index contributed by atoms with van der Waals surface area (Å²) in [5.74, 6) is 0. The van der Waals surface area contributed by atoms with Crippen molar-refractivity contribution in [3.63, 3.8) is 0 Å². The molecule has 0 fully saturated rings. The SMILES string of the molecule is CC(CCc1ccccc1)NCc1cccnn1. The predicted octanol–water partition coefficient (Wildman–Crippen LogP) is 2.59. The van der Waals surface area contributed by atoms with Gasteiger partial charge < -0.3 is 5.32 Å². The summed E-state index contributed by atoms with van der Waals surface area (Å²) in [6, 6.07) is 15.0. The molecular weight excluding hydrogens is 222 g/mol.